The van der Waals surface area contributed by atoms with Crippen molar-refractivity contribution in [3.63, 3.8) is 0 Å². The average Bonchev–Trinajstić information content (AvgIpc) is 3.27. The van der Waals surface area contributed by atoms with Crippen LogP contribution in [-0.4, -0.2) is 40.5 Å². The number of hydrogen-bond acceptors (Lipinski definition) is 5. The Morgan fingerprint density at radius 2 is 2.03 bits per heavy atom. The number of aromatic nitrogens is 2. The van der Waals surface area contributed by atoms with E-state index < -0.39 is 5.60 Å². The fourth-order valence-electron chi connectivity index (χ4n) is 4.26. The maximum atomic E-state index is 13.3. The van der Waals surface area contributed by atoms with Crippen LogP contribution in [0.4, 0.5) is 0 Å². The Hall–Kier alpha value is -2.34. The van der Waals surface area contributed by atoms with Gasteiger partial charge in [0, 0.05) is 12.1 Å². The van der Waals surface area contributed by atoms with Crippen molar-refractivity contribution in [2.24, 2.45) is 5.41 Å². The van der Waals surface area contributed by atoms with Gasteiger partial charge < -0.3 is 14.8 Å². The van der Waals surface area contributed by atoms with Crippen molar-refractivity contribution < 1.29 is 14.3 Å². The molecule has 0 spiro atoms. The van der Waals surface area contributed by atoms with Gasteiger partial charge in [-0.15, -0.1) is 0 Å². The van der Waals surface area contributed by atoms with Crippen molar-refractivity contribution >= 4 is 5.97 Å². The Kier molecular flexibility index (Phi) is 5.39. The minimum absolute atomic E-state index is 0.125. The summed E-state index contributed by atoms with van der Waals surface area (Å²) in [6, 6.07) is 7.84. The summed E-state index contributed by atoms with van der Waals surface area (Å²) in [5, 5.41) is 8.23. The third-order valence-corrected chi connectivity index (χ3v) is 5.76. The molecule has 1 saturated heterocycles. The summed E-state index contributed by atoms with van der Waals surface area (Å²) >= 11 is 0. The molecule has 1 N–H and O–H groups in total. The van der Waals surface area contributed by atoms with Crippen LogP contribution in [-0.2, 0) is 17.6 Å². The summed E-state index contributed by atoms with van der Waals surface area (Å²) in [5.41, 5.74) is 2.88. The molecule has 1 aliphatic heterocycles. The van der Waals surface area contributed by atoms with Crippen molar-refractivity contribution in [2.45, 2.75) is 72.0 Å². The van der Waals surface area contributed by atoms with E-state index in [2.05, 4.69) is 19.2 Å². The zero-order valence-corrected chi connectivity index (χ0v) is 18.7. The number of esters is 1. The molecule has 1 aromatic carbocycles. The Bertz CT molecular complexity index is 934. The number of hydrogen-bond donors (Lipinski definition) is 1. The normalized spacial score (nSPS) is 20.6. The van der Waals surface area contributed by atoms with Crippen LogP contribution in [0.1, 0.15) is 69.2 Å². The van der Waals surface area contributed by atoms with Crippen LogP contribution in [0.5, 0.6) is 5.75 Å². The molecule has 1 aliphatic carbocycles. The lowest BCUT2D eigenvalue weighted by molar-refractivity contribution is 0.00575. The first kappa shape index (κ1) is 20.9. The molecular formula is C24H33N3O3. The maximum Gasteiger partial charge on any atom is 0.357 e. The average molecular weight is 412 g/mol. The highest BCUT2D eigenvalue weighted by molar-refractivity contribution is 5.91. The minimum atomic E-state index is -0.575. The highest BCUT2D eigenvalue weighted by atomic mass is 16.6. The summed E-state index contributed by atoms with van der Waals surface area (Å²) in [7, 11) is 0. The van der Waals surface area contributed by atoms with E-state index >= 15 is 0 Å². The first-order chi connectivity index (χ1) is 14.1. The van der Waals surface area contributed by atoms with Crippen molar-refractivity contribution in [1.29, 1.82) is 0 Å². The fourth-order valence-corrected chi connectivity index (χ4v) is 4.26. The third-order valence-electron chi connectivity index (χ3n) is 5.76. The van der Waals surface area contributed by atoms with E-state index in [9.17, 15) is 4.79 Å². The molecule has 2 aromatic rings. The van der Waals surface area contributed by atoms with Gasteiger partial charge in [-0.05, 0) is 70.5 Å². The molecule has 2 aliphatic rings. The van der Waals surface area contributed by atoms with Gasteiger partial charge in [-0.3, -0.25) is 0 Å². The largest absolute Gasteiger partial charge is 0.487 e. The predicted molar refractivity (Wildman–Crippen MR) is 116 cm³/mol. The van der Waals surface area contributed by atoms with Gasteiger partial charge in [0.1, 0.15) is 23.1 Å². The molecule has 30 heavy (non-hydrogen) atoms. The zero-order chi connectivity index (χ0) is 21.5. The van der Waals surface area contributed by atoms with Gasteiger partial charge in [0.2, 0.25) is 0 Å². The highest BCUT2D eigenvalue weighted by Gasteiger charge is 2.35. The number of benzene rings is 1. The molecule has 0 bridgehead atoms. The van der Waals surface area contributed by atoms with Gasteiger partial charge >= 0.3 is 5.97 Å². The highest BCUT2D eigenvalue weighted by Crippen LogP contribution is 2.38. The van der Waals surface area contributed by atoms with Gasteiger partial charge in [-0.1, -0.05) is 26.0 Å². The summed E-state index contributed by atoms with van der Waals surface area (Å²) in [5.74, 6) is 0.418. The van der Waals surface area contributed by atoms with Gasteiger partial charge in [0.15, 0.2) is 5.69 Å². The van der Waals surface area contributed by atoms with Gasteiger partial charge in [-0.2, -0.15) is 5.10 Å². The van der Waals surface area contributed by atoms with Gasteiger partial charge in [0.05, 0.1) is 5.69 Å². The summed E-state index contributed by atoms with van der Waals surface area (Å²) < 4.78 is 13.9. The lowest BCUT2D eigenvalue weighted by Crippen LogP contribution is -2.28. The maximum absolute atomic E-state index is 13.3. The van der Waals surface area contributed by atoms with Crippen LogP contribution in [0.3, 0.4) is 0 Å². The molecule has 1 aromatic heterocycles. The molecule has 6 nitrogen and oxygen atoms in total. The van der Waals surface area contributed by atoms with E-state index in [0.29, 0.717) is 5.69 Å². The molecule has 1 atom stereocenters. The second-order valence-corrected chi connectivity index (χ2v) is 10.2. The van der Waals surface area contributed by atoms with Crippen molar-refractivity contribution in [3.8, 4) is 11.4 Å². The fraction of sp³-hybridized carbons (Fsp3) is 0.583. The number of carbonyl (C=O) groups is 1. The lowest BCUT2D eigenvalue weighted by atomic mass is 9.76. The van der Waals surface area contributed by atoms with Crippen molar-refractivity contribution in [3.05, 3.63) is 41.2 Å². The number of ether oxygens (including phenoxy) is 2. The van der Waals surface area contributed by atoms with E-state index in [0.717, 1.165) is 61.5 Å². The zero-order valence-electron chi connectivity index (χ0n) is 18.7. The van der Waals surface area contributed by atoms with Crippen molar-refractivity contribution in [1.82, 2.24) is 15.1 Å². The second kappa shape index (κ2) is 7.73. The van der Waals surface area contributed by atoms with Gasteiger partial charge in [-0.25, -0.2) is 9.48 Å². The third kappa shape index (κ3) is 4.38. The minimum Gasteiger partial charge on any atom is -0.487 e. The van der Waals surface area contributed by atoms with Crippen LogP contribution in [0.2, 0.25) is 0 Å². The SMILES string of the molecule is CC1(C)CCc2nn(-c3ccccc3O[C@H]3CCNC3)c(C(=O)OC(C)(C)C)c2C1. The Balaban J connectivity index is 1.80. The quantitative estimate of drug-likeness (QED) is 0.768. The molecule has 162 valence electrons. The smallest absolute Gasteiger partial charge is 0.357 e. The molecule has 2 heterocycles. The van der Waals surface area contributed by atoms with E-state index in [1.165, 1.54) is 0 Å². The number of para-hydroxylation sites is 2. The first-order valence-corrected chi connectivity index (χ1v) is 10.9. The van der Waals surface area contributed by atoms with E-state index in [-0.39, 0.29) is 17.5 Å². The van der Waals surface area contributed by atoms with Crippen molar-refractivity contribution in [2.75, 3.05) is 13.1 Å². The van der Waals surface area contributed by atoms with Crippen LogP contribution in [0.25, 0.3) is 5.69 Å². The molecule has 6 heteroatoms. The Labute approximate surface area is 178 Å². The number of nitrogens with zero attached hydrogens (tertiary/aromatic N) is 2. The predicted octanol–water partition coefficient (Wildman–Crippen LogP) is 4.08. The number of fused-ring (bicyclic) bond motifs is 1. The number of carbonyl (C=O) groups excluding carboxylic acids is 1. The molecule has 0 radical (unpaired) electrons. The topological polar surface area (TPSA) is 65.4 Å². The van der Waals surface area contributed by atoms with E-state index in [1.807, 2.05) is 45.0 Å². The van der Waals surface area contributed by atoms with Crippen LogP contribution >= 0.6 is 0 Å². The van der Waals surface area contributed by atoms with Crippen LogP contribution < -0.4 is 10.1 Å². The Morgan fingerprint density at radius 3 is 2.73 bits per heavy atom. The number of rotatable bonds is 4. The molecule has 4 rings (SSSR count). The van der Waals surface area contributed by atoms with E-state index in [4.69, 9.17) is 14.6 Å². The second-order valence-electron chi connectivity index (χ2n) is 10.2. The summed E-state index contributed by atoms with van der Waals surface area (Å²) in [6.45, 7) is 12.0. The molecule has 0 saturated carbocycles. The molecule has 0 amide bonds. The molecular weight excluding hydrogens is 378 g/mol. The summed E-state index contributed by atoms with van der Waals surface area (Å²) in [6.07, 6.45) is 3.82. The standard InChI is InChI=1S/C24H33N3O3/c1-23(2,3)30-22(28)21-17-14-24(4,5)12-10-18(17)26-27(21)19-8-6-7-9-20(19)29-16-11-13-25-15-16/h6-9,16,25H,10-15H2,1-5H3/t16-/m0/s1. The lowest BCUT2D eigenvalue weighted by Gasteiger charge is -2.29. The van der Waals surface area contributed by atoms with Crippen LogP contribution in [0, 0.1) is 5.41 Å². The monoisotopic (exact) mass is 411 g/mol. The first-order valence-electron chi connectivity index (χ1n) is 10.9. The summed E-state index contributed by atoms with van der Waals surface area (Å²) in [4.78, 5) is 13.3. The van der Waals surface area contributed by atoms with E-state index in [1.54, 1.807) is 4.68 Å². The van der Waals surface area contributed by atoms with Crippen LogP contribution in [0.15, 0.2) is 24.3 Å². The molecule has 0 unspecified atom stereocenters. The van der Waals surface area contributed by atoms with Gasteiger partial charge in [0.25, 0.3) is 0 Å². The molecule has 1 fully saturated rings. The Morgan fingerprint density at radius 1 is 1.27 bits per heavy atom. The number of nitrogens with one attached hydrogen (secondary N) is 1. The number of aryl methyl sites for hydroxylation is 1.